The summed E-state index contributed by atoms with van der Waals surface area (Å²) in [4.78, 5) is 26.4. The highest BCUT2D eigenvalue weighted by atomic mass is 16.5. The van der Waals surface area contributed by atoms with Crippen LogP contribution in [0.4, 0.5) is 0 Å². The summed E-state index contributed by atoms with van der Waals surface area (Å²) < 4.78 is 6.73. The molecule has 0 atom stereocenters. The van der Waals surface area contributed by atoms with Crippen molar-refractivity contribution in [3.05, 3.63) is 46.8 Å². The van der Waals surface area contributed by atoms with E-state index in [0.29, 0.717) is 25.1 Å². The Hall–Kier alpha value is -2.83. The van der Waals surface area contributed by atoms with E-state index in [1.54, 1.807) is 35.7 Å². The predicted molar refractivity (Wildman–Crippen MR) is 85.7 cm³/mol. The van der Waals surface area contributed by atoms with Gasteiger partial charge in [0, 0.05) is 36.8 Å². The summed E-state index contributed by atoms with van der Waals surface area (Å²) in [6.07, 6.45) is 0.614. The van der Waals surface area contributed by atoms with E-state index in [1.165, 1.54) is 12.1 Å². The third-order valence-corrected chi connectivity index (χ3v) is 4.09. The van der Waals surface area contributed by atoms with E-state index in [-0.39, 0.29) is 24.0 Å². The van der Waals surface area contributed by atoms with Crippen molar-refractivity contribution in [1.82, 2.24) is 14.7 Å². The van der Waals surface area contributed by atoms with Gasteiger partial charge in [0.1, 0.15) is 5.75 Å². The third-order valence-electron chi connectivity index (χ3n) is 4.09. The lowest BCUT2D eigenvalue weighted by atomic mass is 10.0. The highest BCUT2D eigenvalue weighted by molar-refractivity contribution is 5.95. The Morgan fingerprint density at radius 1 is 1.38 bits per heavy atom. The summed E-state index contributed by atoms with van der Waals surface area (Å²) in [5, 5.41) is 13.8. The van der Waals surface area contributed by atoms with Crippen LogP contribution in [0.2, 0.25) is 0 Å². The zero-order valence-corrected chi connectivity index (χ0v) is 13.7. The number of phenols is 1. The molecule has 1 aliphatic rings. The van der Waals surface area contributed by atoms with Crippen LogP contribution in [0.15, 0.2) is 24.3 Å². The average Bonchev–Trinajstić information content (AvgIpc) is 2.91. The number of carbonyl (C=O) groups is 2. The lowest BCUT2D eigenvalue weighted by Crippen LogP contribution is -2.36. The largest absolute Gasteiger partial charge is 0.508 e. The molecular formula is C17H19N3O4. The summed E-state index contributed by atoms with van der Waals surface area (Å²) in [5.74, 6) is -0.608. The topological polar surface area (TPSA) is 84.7 Å². The first kappa shape index (κ1) is 16.0. The van der Waals surface area contributed by atoms with Crippen LogP contribution in [0.5, 0.6) is 5.75 Å². The van der Waals surface area contributed by atoms with Crippen LogP contribution in [0.3, 0.4) is 0 Å². The maximum absolute atomic E-state index is 12.6. The van der Waals surface area contributed by atoms with Gasteiger partial charge in [-0.2, -0.15) is 5.10 Å². The fraction of sp³-hybridized carbons (Fsp3) is 0.353. The molecule has 1 aromatic carbocycles. The van der Waals surface area contributed by atoms with E-state index >= 15 is 0 Å². The van der Waals surface area contributed by atoms with Crippen molar-refractivity contribution in [2.24, 2.45) is 7.05 Å². The van der Waals surface area contributed by atoms with Crippen molar-refractivity contribution in [2.75, 3.05) is 13.2 Å². The normalized spacial score (nSPS) is 13.5. The number of nitrogens with zero attached hydrogens (tertiary/aromatic N) is 3. The Morgan fingerprint density at radius 3 is 2.88 bits per heavy atom. The molecule has 0 saturated carbocycles. The number of carbonyl (C=O) groups excluding carboxylic acids is 2. The number of phenolic OH excluding ortho intramolecular Hbond substituents is 1. The van der Waals surface area contributed by atoms with Gasteiger partial charge in [0.05, 0.1) is 13.2 Å². The second-order valence-electron chi connectivity index (χ2n) is 5.64. The Morgan fingerprint density at radius 2 is 2.17 bits per heavy atom. The molecule has 24 heavy (non-hydrogen) atoms. The monoisotopic (exact) mass is 329 g/mol. The first-order valence-electron chi connectivity index (χ1n) is 7.81. The zero-order valence-electron chi connectivity index (χ0n) is 13.7. The SMILES string of the molecule is CCOC(=O)c1nn(C)c2c1CN(C(=O)c1cccc(O)c1)CC2. The van der Waals surface area contributed by atoms with Crippen LogP contribution in [-0.4, -0.2) is 44.8 Å². The molecule has 0 fully saturated rings. The molecule has 0 saturated heterocycles. The van der Waals surface area contributed by atoms with Gasteiger partial charge in [0.25, 0.3) is 5.91 Å². The average molecular weight is 329 g/mol. The Balaban J connectivity index is 1.88. The van der Waals surface area contributed by atoms with Crippen LogP contribution in [0.25, 0.3) is 0 Å². The number of ether oxygens (including phenoxy) is 1. The second-order valence-corrected chi connectivity index (χ2v) is 5.64. The molecule has 7 heteroatoms. The predicted octanol–water partition coefficient (Wildman–Crippen LogP) is 1.50. The number of hydrogen-bond donors (Lipinski definition) is 1. The summed E-state index contributed by atoms with van der Waals surface area (Å²) in [5.41, 5.74) is 2.36. The Labute approximate surface area is 139 Å². The van der Waals surface area contributed by atoms with Crippen molar-refractivity contribution in [1.29, 1.82) is 0 Å². The van der Waals surface area contributed by atoms with Crippen molar-refractivity contribution in [3.8, 4) is 5.75 Å². The van der Waals surface area contributed by atoms with E-state index in [1.807, 2.05) is 0 Å². The number of fused-ring (bicyclic) bond motifs is 1. The van der Waals surface area contributed by atoms with Crippen LogP contribution in [0, 0.1) is 0 Å². The molecule has 0 radical (unpaired) electrons. The number of benzene rings is 1. The molecule has 3 rings (SSSR count). The maximum Gasteiger partial charge on any atom is 0.359 e. The summed E-state index contributed by atoms with van der Waals surface area (Å²) in [6, 6.07) is 6.25. The van der Waals surface area contributed by atoms with Crippen molar-refractivity contribution in [2.45, 2.75) is 19.9 Å². The van der Waals surface area contributed by atoms with Crippen LogP contribution in [0.1, 0.15) is 39.0 Å². The summed E-state index contributed by atoms with van der Waals surface area (Å²) in [6.45, 7) is 2.84. The number of hydrogen-bond acceptors (Lipinski definition) is 5. The molecule has 0 unspecified atom stereocenters. The van der Waals surface area contributed by atoms with E-state index in [2.05, 4.69) is 5.10 Å². The maximum atomic E-state index is 12.6. The van der Waals surface area contributed by atoms with Gasteiger partial charge >= 0.3 is 5.97 Å². The van der Waals surface area contributed by atoms with Crippen LogP contribution >= 0.6 is 0 Å². The van der Waals surface area contributed by atoms with Crippen molar-refractivity contribution in [3.63, 3.8) is 0 Å². The van der Waals surface area contributed by atoms with Gasteiger partial charge in [0.2, 0.25) is 0 Å². The fourth-order valence-electron chi connectivity index (χ4n) is 2.95. The van der Waals surface area contributed by atoms with E-state index in [9.17, 15) is 14.7 Å². The molecule has 1 amide bonds. The van der Waals surface area contributed by atoms with Crippen molar-refractivity contribution >= 4 is 11.9 Å². The molecule has 1 aromatic heterocycles. The quantitative estimate of drug-likeness (QED) is 0.863. The Bertz CT molecular complexity index is 797. The number of esters is 1. The van der Waals surface area contributed by atoms with Gasteiger partial charge in [-0.15, -0.1) is 0 Å². The van der Waals surface area contributed by atoms with Gasteiger partial charge in [-0.3, -0.25) is 9.48 Å². The number of aromatic hydroxyl groups is 1. The molecule has 1 N–H and O–H groups in total. The van der Waals surface area contributed by atoms with E-state index in [4.69, 9.17) is 4.74 Å². The number of amides is 1. The smallest absolute Gasteiger partial charge is 0.359 e. The third kappa shape index (κ3) is 2.84. The lowest BCUT2D eigenvalue weighted by molar-refractivity contribution is 0.0513. The van der Waals surface area contributed by atoms with E-state index < -0.39 is 5.97 Å². The fourth-order valence-corrected chi connectivity index (χ4v) is 2.95. The number of aromatic nitrogens is 2. The molecule has 1 aliphatic heterocycles. The minimum Gasteiger partial charge on any atom is -0.508 e. The molecule has 0 bridgehead atoms. The first-order chi connectivity index (χ1) is 11.5. The molecule has 0 aliphatic carbocycles. The summed E-state index contributed by atoms with van der Waals surface area (Å²) >= 11 is 0. The lowest BCUT2D eigenvalue weighted by Gasteiger charge is -2.27. The molecule has 0 spiro atoms. The van der Waals surface area contributed by atoms with Gasteiger partial charge in [-0.25, -0.2) is 4.79 Å². The van der Waals surface area contributed by atoms with Gasteiger partial charge in [-0.05, 0) is 25.1 Å². The molecule has 126 valence electrons. The van der Waals surface area contributed by atoms with Gasteiger partial charge in [-0.1, -0.05) is 6.07 Å². The molecule has 2 heterocycles. The molecule has 7 nitrogen and oxygen atoms in total. The van der Waals surface area contributed by atoms with Gasteiger partial charge in [0.15, 0.2) is 5.69 Å². The standard InChI is InChI=1S/C17H19N3O4/c1-3-24-17(23)15-13-10-20(8-7-14(13)19(2)18-15)16(22)11-5-4-6-12(21)9-11/h4-6,9,21H,3,7-8,10H2,1-2H3. The van der Waals surface area contributed by atoms with Crippen LogP contribution < -0.4 is 0 Å². The van der Waals surface area contributed by atoms with Crippen LogP contribution in [-0.2, 0) is 24.8 Å². The highest BCUT2D eigenvalue weighted by Gasteiger charge is 2.30. The highest BCUT2D eigenvalue weighted by Crippen LogP contribution is 2.24. The second kappa shape index (κ2) is 6.35. The minimum atomic E-state index is -0.471. The zero-order chi connectivity index (χ0) is 17.3. The Kier molecular flexibility index (Phi) is 4.24. The minimum absolute atomic E-state index is 0.0483. The number of aryl methyl sites for hydroxylation is 1. The summed E-state index contributed by atoms with van der Waals surface area (Å²) in [7, 11) is 1.79. The van der Waals surface area contributed by atoms with E-state index in [0.717, 1.165) is 11.3 Å². The van der Waals surface area contributed by atoms with Gasteiger partial charge < -0.3 is 14.7 Å². The number of rotatable bonds is 3. The molecule has 2 aromatic rings. The first-order valence-corrected chi connectivity index (χ1v) is 7.81. The van der Waals surface area contributed by atoms with Crippen molar-refractivity contribution < 1.29 is 19.4 Å². The molecular weight excluding hydrogens is 310 g/mol.